The number of carbonyl (C=O) groups is 2. The first-order valence-electron chi connectivity index (χ1n) is 9.81. The first kappa shape index (κ1) is 23.5. The van der Waals surface area contributed by atoms with Crippen LogP contribution in [-0.4, -0.2) is 55.7 Å². The van der Waals surface area contributed by atoms with Gasteiger partial charge in [-0.2, -0.15) is 9.57 Å². The lowest BCUT2D eigenvalue weighted by molar-refractivity contribution is -0.132. The zero-order chi connectivity index (χ0) is 23.3. The molecule has 1 heterocycles. The number of primary amides is 1. The molecular formula is C21H22ClN5O4S. The van der Waals surface area contributed by atoms with Crippen molar-refractivity contribution >= 4 is 33.6 Å². The molecule has 0 spiro atoms. The van der Waals surface area contributed by atoms with Crippen molar-refractivity contribution in [1.82, 2.24) is 14.5 Å². The maximum Gasteiger partial charge on any atom is 0.312 e. The van der Waals surface area contributed by atoms with Crippen molar-refractivity contribution in [2.45, 2.75) is 17.4 Å². The molecule has 1 aliphatic rings. The fourth-order valence-electron chi connectivity index (χ4n) is 3.50. The van der Waals surface area contributed by atoms with Crippen LogP contribution in [0.4, 0.5) is 4.79 Å². The number of nitriles is 1. The first-order chi connectivity index (χ1) is 15.2. The minimum atomic E-state index is -3.73. The molecule has 0 bridgehead atoms. The maximum absolute atomic E-state index is 12.9. The number of sulfonamides is 1. The van der Waals surface area contributed by atoms with Crippen LogP contribution in [0.2, 0.25) is 5.02 Å². The quantitative estimate of drug-likeness (QED) is 0.656. The molecule has 11 heteroatoms. The van der Waals surface area contributed by atoms with E-state index in [9.17, 15) is 18.0 Å². The second-order valence-electron chi connectivity index (χ2n) is 7.21. The Hall–Kier alpha value is -3.13. The summed E-state index contributed by atoms with van der Waals surface area (Å²) in [5, 5.41) is 11.8. The summed E-state index contributed by atoms with van der Waals surface area (Å²) < 4.78 is 27.0. The van der Waals surface area contributed by atoms with Crippen molar-refractivity contribution in [1.29, 1.82) is 5.26 Å². The lowest BCUT2D eigenvalue weighted by Gasteiger charge is -2.34. The maximum atomic E-state index is 12.9. The predicted molar refractivity (Wildman–Crippen MR) is 118 cm³/mol. The molecule has 2 aromatic rings. The minimum Gasteiger partial charge on any atom is -0.352 e. The molecular weight excluding hydrogens is 454 g/mol. The van der Waals surface area contributed by atoms with E-state index >= 15 is 0 Å². The molecule has 1 saturated heterocycles. The zero-order valence-corrected chi connectivity index (χ0v) is 18.6. The molecule has 1 atom stereocenters. The number of amides is 3. The number of halogens is 1. The highest BCUT2D eigenvalue weighted by Gasteiger charge is 2.31. The van der Waals surface area contributed by atoms with Gasteiger partial charge in [0.2, 0.25) is 15.9 Å². The van der Waals surface area contributed by atoms with Gasteiger partial charge in [-0.15, -0.1) is 0 Å². The summed E-state index contributed by atoms with van der Waals surface area (Å²) >= 11 is 6.21. The van der Waals surface area contributed by atoms with Crippen molar-refractivity contribution < 1.29 is 18.0 Å². The number of hydrogen-bond acceptors (Lipinski definition) is 5. The summed E-state index contributed by atoms with van der Waals surface area (Å²) in [5.74, 6) is -0.251. The number of hydrogen-bond donors (Lipinski definition) is 2. The smallest absolute Gasteiger partial charge is 0.312 e. The van der Waals surface area contributed by atoms with E-state index in [0.29, 0.717) is 16.1 Å². The van der Waals surface area contributed by atoms with Gasteiger partial charge in [-0.05, 0) is 35.9 Å². The van der Waals surface area contributed by atoms with E-state index in [2.05, 4.69) is 5.32 Å². The first-order valence-corrected chi connectivity index (χ1v) is 11.6. The van der Waals surface area contributed by atoms with E-state index in [-0.39, 0.29) is 43.4 Å². The zero-order valence-electron chi connectivity index (χ0n) is 17.1. The molecule has 1 fully saturated rings. The average molecular weight is 476 g/mol. The van der Waals surface area contributed by atoms with Gasteiger partial charge in [0.25, 0.3) is 0 Å². The molecule has 0 radical (unpaired) electrons. The fourth-order valence-corrected chi connectivity index (χ4v) is 5.19. The number of urea groups is 1. The molecule has 0 aliphatic carbocycles. The second-order valence-corrected chi connectivity index (χ2v) is 9.55. The van der Waals surface area contributed by atoms with E-state index in [4.69, 9.17) is 22.6 Å². The van der Waals surface area contributed by atoms with E-state index < -0.39 is 22.1 Å². The van der Waals surface area contributed by atoms with Crippen LogP contribution >= 0.6 is 11.6 Å². The third-order valence-electron chi connectivity index (χ3n) is 5.19. The average Bonchev–Trinajstić information content (AvgIpc) is 2.78. The van der Waals surface area contributed by atoms with Crippen LogP contribution in [0.1, 0.15) is 23.6 Å². The lowest BCUT2D eigenvalue weighted by Crippen LogP contribution is -2.51. The van der Waals surface area contributed by atoms with Crippen molar-refractivity contribution in [3.8, 4) is 6.07 Å². The van der Waals surface area contributed by atoms with E-state index in [1.54, 1.807) is 29.2 Å². The van der Waals surface area contributed by atoms with Gasteiger partial charge < -0.3 is 16.0 Å². The van der Waals surface area contributed by atoms with Gasteiger partial charge in [0.15, 0.2) is 0 Å². The Bertz CT molecular complexity index is 1140. The number of nitrogens with zero attached hydrogens (tertiary/aromatic N) is 3. The summed E-state index contributed by atoms with van der Waals surface area (Å²) in [6, 6.07) is 13.0. The van der Waals surface area contributed by atoms with Crippen molar-refractivity contribution in [3.05, 3.63) is 64.7 Å². The minimum absolute atomic E-state index is 0.0605. The summed E-state index contributed by atoms with van der Waals surface area (Å²) in [6.07, 6.45) is -0.0605. The third kappa shape index (κ3) is 5.37. The van der Waals surface area contributed by atoms with E-state index in [1.807, 2.05) is 6.07 Å². The van der Waals surface area contributed by atoms with Crippen LogP contribution in [0.5, 0.6) is 0 Å². The summed E-state index contributed by atoms with van der Waals surface area (Å²) in [5.41, 5.74) is 6.21. The summed E-state index contributed by atoms with van der Waals surface area (Å²) in [6.45, 7) is 0.683. The highest BCUT2D eigenvalue weighted by molar-refractivity contribution is 7.89. The number of piperazine rings is 1. The van der Waals surface area contributed by atoms with Crippen LogP contribution in [0.15, 0.2) is 53.4 Å². The largest absolute Gasteiger partial charge is 0.352 e. The molecule has 0 saturated carbocycles. The molecule has 3 rings (SSSR count). The van der Waals surface area contributed by atoms with Gasteiger partial charge in [-0.1, -0.05) is 29.8 Å². The van der Waals surface area contributed by atoms with Crippen molar-refractivity contribution in [2.75, 3.05) is 26.2 Å². The molecule has 1 unspecified atom stereocenters. The Kier molecular flexibility index (Phi) is 7.35. The Morgan fingerprint density at radius 2 is 1.72 bits per heavy atom. The molecule has 0 aromatic heterocycles. The molecule has 9 nitrogen and oxygen atoms in total. The van der Waals surface area contributed by atoms with E-state index in [1.165, 1.54) is 28.6 Å². The van der Waals surface area contributed by atoms with Gasteiger partial charge in [-0.25, -0.2) is 13.2 Å². The summed E-state index contributed by atoms with van der Waals surface area (Å²) in [4.78, 5) is 25.9. The van der Waals surface area contributed by atoms with Crippen molar-refractivity contribution in [3.63, 3.8) is 0 Å². The topological polar surface area (TPSA) is 137 Å². The van der Waals surface area contributed by atoms with Gasteiger partial charge in [0, 0.05) is 31.2 Å². The number of nitrogens with two attached hydrogens (primary N) is 1. The summed E-state index contributed by atoms with van der Waals surface area (Å²) in [7, 11) is -3.73. The number of benzene rings is 2. The highest BCUT2D eigenvalue weighted by Crippen LogP contribution is 2.26. The van der Waals surface area contributed by atoms with Crippen LogP contribution in [-0.2, 0) is 14.8 Å². The lowest BCUT2D eigenvalue weighted by atomic mass is 10.0. The standard InChI is InChI=1S/C21H22ClN5O4S/c22-18-4-2-1-3-17(18)19(25-21(24)29)13-20(28)26-9-11-27(12-10-26)32(30,31)16-7-5-15(14-23)6-8-16/h1-8,19H,9-13H2,(H3,24,25,29). The Labute approximate surface area is 191 Å². The number of nitrogens with one attached hydrogen (secondary N) is 1. The molecule has 3 N–H and O–H groups in total. The number of rotatable bonds is 6. The molecule has 1 aliphatic heterocycles. The van der Waals surface area contributed by atoms with Gasteiger partial charge >= 0.3 is 6.03 Å². The van der Waals surface area contributed by atoms with Gasteiger partial charge in [0.1, 0.15) is 0 Å². The molecule has 168 valence electrons. The second kappa shape index (κ2) is 9.99. The third-order valence-corrected chi connectivity index (χ3v) is 7.45. The van der Waals surface area contributed by atoms with Crippen LogP contribution in [0, 0.1) is 11.3 Å². The SMILES string of the molecule is N#Cc1ccc(S(=O)(=O)N2CCN(C(=O)CC(NC(N)=O)c3ccccc3Cl)CC2)cc1. The van der Waals surface area contributed by atoms with Gasteiger partial charge in [-0.3, -0.25) is 4.79 Å². The Balaban J connectivity index is 1.65. The van der Waals surface area contributed by atoms with Crippen molar-refractivity contribution in [2.24, 2.45) is 5.73 Å². The number of carbonyl (C=O) groups excluding carboxylic acids is 2. The highest BCUT2D eigenvalue weighted by atomic mass is 35.5. The fraction of sp³-hybridized carbons (Fsp3) is 0.286. The Morgan fingerprint density at radius 1 is 1.09 bits per heavy atom. The molecule has 3 amide bonds. The van der Waals surface area contributed by atoms with Crippen LogP contribution in [0.25, 0.3) is 0 Å². The predicted octanol–water partition coefficient (Wildman–Crippen LogP) is 1.84. The van der Waals surface area contributed by atoms with Gasteiger partial charge in [0.05, 0.1) is 29.0 Å². The Morgan fingerprint density at radius 3 is 2.28 bits per heavy atom. The van der Waals surface area contributed by atoms with E-state index in [0.717, 1.165) is 0 Å². The van der Waals surface area contributed by atoms with Crippen LogP contribution < -0.4 is 11.1 Å². The molecule has 32 heavy (non-hydrogen) atoms. The van der Waals surface area contributed by atoms with Crippen LogP contribution in [0.3, 0.4) is 0 Å². The molecule has 2 aromatic carbocycles. The normalized spacial score (nSPS) is 15.6. The monoisotopic (exact) mass is 475 g/mol.